The van der Waals surface area contributed by atoms with Crippen LogP contribution in [0.4, 0.5) is 0 Å². The fraction of sp³-hybridized carbons (Fsp3) is 0.944. The van der Waals surface area contributed by atoms with Crippen LogP contribution >= 0.6 is 0 Å². The number of unbranched alkanes of at least 4 members (excludes halogenated alkanes) is 2. The fourth-order valence-corrected chi connectivity index (χ4v) is 2.55. The van der Waals surface area contributed by atoms with Gasteiger partial charge in [-0.3, -0.25) is 0 Å². The van der Waals surface area contributed by atoms with Gasteiger partial charge in [0, 0.05) is 0 Å². The lowest BCUT2D eigenvalue weighted by atomic mass is 10.0. The van der Waals surface area contributed by atoms with Gasteiger partial charge in [-0.15, -0.1) is 0 Å². The van der Waals surface area contributed by atoms with E-state index in [1.54, 1.807) is 0 Å². The Hall–Kier alpha value is -0.0800. The Morgan fingerprint density at radius 2 is 1.25 bits per heavy atom. The van der Waals surface area contributed by atoms with Gasteiger partial charge in [0.25, 0.3) is 0 Å². The molecule has 0 saturated heterocycles. The first-order valence-electron chi connectivity index (χ1n) is 8.59. The summed E-state index contributed by atoms with van der Waals surface area (Å²) >= 11 is 0. The Bertz CT molecular complexity index is 202. The van der Waals surface area contributed by atoms with Crippen molar-refractivity contribution in [1.29, 1.82) is 0 Å². The van der Waals surface area contributed by atoms with Gasteiger partial charge in [0.2, 0.25) is 0 Å². The van der Waals surface area contributed by atoms with E-state index in [1.165, 1.54) is 25.7 Å². The summed E-state index contributed by atoms with van der Waals surface area (Å²) in [5.74, 6) is 0. The maximum Gasteiger partial charge on any atom is 0.0579 e. The Morgan fingerprint density at radius 3 is 1.65 bits per heavy atom. The maximum absolute atomic E-state index is 6.06. The van der Waals surface area contributed by atoms with Crippen LogP contribution in [0.25, 0.3) is 0 Å². The molecular formula is C18H37O2. The lowest BCUT2D eigenvalue weighted by molar-refractivity contribution is -0.0331. The van der Waals surface area contributed by atoms with Crippen molar-refractivity contribution in [1.82, 2.24) is 0 Å². The molecule has 0 N–H and O–H groups in total. The summed E-state index contributed by atoms with van der Waals surface area (Å²) in [6, 6.07) is 0. The molecule has 0 amide bonds. The van der Waals surface area contributed by atoms with Gasteiger partial charge in [-0.1, -0.05) is 39.5 Å². The second-order valence-electron chi connectivity index (χ2n) is 6.33. The van der Waals surface area contributed by atoms with Gasteiger partial charge in [-0.25, -0.2) is 0 Å². The van der Waals surface area contributed by atoms with E-state index >= 15 is 0 Å². The first-order valence-corrected chi connectivity index (χ1v) is 8.59. The quantitative estimate of drug-likeness (QED) is 0.413. The predicted octanol–water partition coefficient (Wildman–Crippen LogP) is 5.55. The molecule has 0 fully saturated rings. The number of rotatable bonds is 13. The van der Waals surface area contributed by atoms with E-state index in [-0.39, 0.29) is 0 Å². The van der Waals surface area contributed by atoms with Crippen LogP contribution < -0.4 is 0 Å². The molecule has 2 atom stereocenters. The van der Waals surface area contributed by atoms with E-state index in [1.807, 2.05) is 0 Å². The van der Waals surface area contributed by atoms with Crippen molar-refractivity contribution in [2.45, 2.75) is 110 Å². The van der Waals surface area contributed by atoms with Crippen molar-refractivity contribution in [3.8, 4) is 0 Å². The van der Waals surface area contributed by atoms with E-state index in [0.29, 0.717) is 24.4 Å². The SMILES string of the molecule is [CH2]CCC(CCC(CCCCC)OC(C)C)OC(C)C. The van der Waals surface area contributed by atoms with Crippen molar-refractivity contribution in [2.24, 2.45) is 0 Å². The smallest absolute Gasteiger partial charge is 0.0579 e. The van der Waals surface area contributed by atoms with Crippen LogP contribution in [-0.2, 0) is 9.47 Å². The molecule has 0 heterocycles. The van der Waals surface area contributed by atoms with Crippen molar-refractivity contribution in [3.63, 3.8) is 0 Å². The molecule has 0 spiro atoms. The Morgan fingerprint density at radius 1 is 0.750 bits per heavy atom. The molecule has 121 valence electrons. The van der Waals surface area contributed by atoms with Crippen LogP contribution in [0.3, 0.4) is 0 Å². The van der Waals surface area contributed by atoms with Crippen LogP contribution in [0.15, 0.2) is 0 Å². The summed E-state index contributed by atoms with van der Waals surface area (Å²) in [6.45, 7) is 14.7. The average Bonchev–Trinajstić information content (AvgIpc) is 2.34. The Labute approximate surface area is 127 Å². The lowest BCUT2D eigenvalue weighted by Crippen LogP contribution is -2.23. The van der Waals surface area contributed by atoms with E-state index < -0.39 is 0 Å². The van der Waals surface area contributed by atoms with Crippen LogP contribution in [-0.4, -0.2) is 24.4 Å². The molecule has 0 aromatic carbocycles. The third-order valence-corrected chi connectivity index (χ3v) is 3.40. The Balaban J connectivity index is 4.16. The maximum atomic E-state index is 6.06. The minimum absolute atomic E-state index is 0.302. The predicted molar refractivity (Wildman–Crippen MR) is 88.0 cm³/mol. The van der Waals surface area contributed by atoms with Gasteiger partial charge < -0.3 is 9.47 Å². The van der Waals surface area contributed by atoms with E-state index in [9.17, 15) is 0 Å². The zero-order valence-corrected chi connectivity index (χ0v) is 14.5. The fourth-order valence-electron chi connectivity index (χ4n) is 2.55. The molecule has 0 aromatic heterocycles. The monoisotopic (exact) mass is 285 g/mol. The zero-order valence-electron chi connectivity index (χ0n) is 14.5. The van der Waals surface area contributed by atoms with Crippen LogP contribution in [0, 0.1) is 6.92 Å². The summed E-state index contributed by atoms with van der Waals surface area (Å²) in [5, 5.41) is 0. The largest absolute Gasteiger partial charge is 0.376 e. The van der Waals surface area contributed by atoms with Gasteiger partial charge in [-0.2, -0.15) is 0 Å². The summed E-state index contributed by atoms with van der Waals surface area (Å²) in [7, 11) is 0. The van der Waals surface area contributed by atoms with Crippen LogP contribution in [0.2, 0.25) is 0 Å². The molecule has 0 saturated carbocycles. The van der Waals surface area contributed by atoms with Crippen molar-refractivity contribution >= 4 is 0 Å². The topological polar surface area (TPSA) is 18.5 Å². The molecular weight excluding hydrogens is 248 g/mol. The van der Waals surface area contributed by atoms with E-state index in [2.05, 4.69) is 41.5 Å². The molecule has 0 aliphatic heterocycles. The molecule has 0 aliphatic rings. The normalized spacial score (nSPS) is 15.0. The molecule has 20 heavy (non-hydrogen) atoms. The van der Waals surface area contributed by atoms with Crippen LogP contribution in [0.5, 0.6) is 0 Å². The number of ether oxygens (including phenoxy) is 2. The first kappa shape index (κ1) is 19.9. The number of hydrogen-bond acceptors (Lipinski definition) is 2. The van der Waals surface area contributed by atoms with Gasteiger partial charge >= 0.3 is 0 Å². The number of hydrogen-bond donors (Lipinski definition) is 0. The highest BCUT2D eigenvalue weighted by Crippen LogP contribution is 2.19. The molecule has 0 aliphatic carbocycles. The second-order valence-corrected chi connectivity index (χ2v) is 6.33. The third-order valence-electron chi connectivity index (χ3n) is 3.40. The van der Waals surface area contributed by atoms with E-state index in [4.69, 9.17) is 9.47 Å². The van der Waals surface area contributed by atoms with Gasteiger partial charge in [-0.05, 0) is 53.4 Å². The molecule has 1 radical (unpaired) electrons. The average molecular weight is 285 g/mol. The second kappa shape index (κ2) is 12.6. The molecule has 0 bridgehead atoms. The zero-order chi connectivity index (χ0) is 15.4. The highest BCUT2D eigenvalue weighted by molar-refractivity contribution is 4.67. The molecule has 0 aromatic rings. The lowest BCUT2D eigenvalue weighted by Gasteiger charge is -2.25. The van der Waals surface area contributed by atoms with Gasteiger partial charge in [0.05, 0.1) is 24.4 Å². The van der Waals surface area contributed by atoms with Crippen LogP contribution in [0.1, 0.15) is 86.0 Å². The molecule has 2 nitrogen and oxygen atoms in total. The summed E-state index contributed by atoms with van der Waals surface area (Å²) in [4.78, 5) is 0. The standard InChI is InChI=1S/C18H37O2/c1-7-9-10-12-18(20-16(5)6)14-13-17(11-8-2)19-15(3)4/h15-18H,2,7-14H2,1,3-6H3. The van der Waals surface area contributed by atoms with E-state index in [0.717, 1.165) is 25.7 Å². The Kier molecular flexibility index (Phi) is 12.6. The third kappa shape index (κ3) is 11.7. The van der Waals surface area contributed by atoms with Crippen molar-refractivity contribution in [3.05, 3.63) is 6.92 Å². The minimum Gasteiger partial charge on any atom is -0.376 e. The highest BCUT2D eigenvalue weighted by atomic mass is 16.5. The van der Waals surface area contributed by atoms with Gasteiger partial charge in [0.1, 0.15) is 0 Å². The minimum atomic E-state index is 0.302. The molecule has 2 unspecified atom stereocenters. The van der Waals surface area contributed by atoms with Crippen molar-refractivity contribution in [2.75, 3.05) is 0 Å². The summed E-state index contributed by atoms with van der Waals surface area (Å²) in [5.41, 5.74) is 0. The summed E-state index contributed by atoms with van der Waals surface area (Å²) in [6.07, 6.45) is 10.6. The highest BCUT2D eigenvalue weighted by Gasteiger charge is 2.16. The van der Waals surface area contributed by atoms with Crippen molar-refractivity contribution < 1.29 is 9.47 Å². The van der Waals surface area contributed by atoms with Gasteiger partial charge in [0.15, 0.2) is 0 Å². The first-order chi connectivity index (χ1) is 9.49. The molecule has 2 heteroatoms. The molecule has 0 rings (SSSR count). The summed E-state index contributed by atoms with van der Waals surface area (Å²) < 4.78 is 12.0.